The SMILES string of the molecule is CC(=O)c1c(C)[nH]c(C(=O)CN2CCC(CO)CC2)c1C. The third-order valence-electron chi connectivity index (χ3n) is 4.40. The lowest BCUT2D eigenvalue weighted by atomic mass is 9.97. The van der Waals surface area contributed by atoms with Gasteiger partial charge >= 0.3 is 0 Å². The molecule has 21 heavy (non-hydrogen) atoms. The highest BCUT2D eigenvalue weighted by molar-refractivity contribution is 6.03. The second kappa shape index (κ2) is 6.54. The second-order valence-corrected chi connectivity index (χ2v) is 6.01. The lowest BCUT2D eigenvalue weighted by Crippen LogP contribution is -2.38. The molecule has 2 N–H and O–H groups in total. The standard InChI is InChI=1S/C16H24N2O3/c1-10-15(12(3)20)11(2)17-16(10)14(21)8-18-6-4-13(9-19)5-7-18/h13,17,19H,4-9H2,1-3H3. The number of carbonyl (C=O) groups excluding carboxylic acids is 2. The first-order valence-electron chi connectivity index (χ1n) is 7.50. The molecule has 0 bridgehead atoms. The zero-order valence-corrected chi connectivity index (χ0v) is 13.0. The molecule has 1 saturated heterocycles. The maximum atomic E-state index is 12.4. The van der Waals surface area contributed by atoms with Crippen LogP contribution in [0.25, 0.3) is 0 Å². The van der Waals surface area contributed by atoms with Crippen molar-refractivity contribution in [2.75, 3.05) is 26.2 Å². The van der Waals surface area contributed by atoms with Gasteiger partial charge in [-0.1, -0.05) is 0 Å². The van der Waals surface area contributed by atoms with Crippen molar-refractivity contribution in [3.63, 3.8) is 0 Å². The summed E-state index contributed by atoms with van der Waals surface area (Å²) in [6.07, 6.45) is 1.87. The number of aromatic amines is 1. The zero-order chi connectivity index (χ0) is 15.6. The number of nitrogens with zero attached hydrogens (tertiary/aromatic N) is 1. The van der Waals surface area contributed by atoms with Gasteiger partial charge in [0.1, 0.15) is 0 Å². The summed E-state index contributed by atoms with van der Waals surface area (Å²) in [5.74, 6) is 0.393. The monoisotopic (exact) mass is 292 g/mol. The molecule has 0 saturated carbocycles. The van der Waals surface area contributed by atoms with Gasteiger partial charge in [-0.25, -0.2) is 0 Å². The van der Waals surface area contributed by atoms with Crippen LogP contribution in [0.4, 0.5) is 0 Å². The van der Waals surface area contributed by atoms with Crippen LogP contribution in [0.1, 0.15) is 51.9 Å². The van der Waals surface area contributed by atoms with E-state index in [1.165, 1.54) is 6.92 Å². The maximum Gasteiger partial charge on any atom is 0.193 e. The average molecular weight is 292 g/mol. The lowest BCUT2D eigenvalue weighted by molar-refractivity contribution is 0.0859. The minimum atomic E-state index is -0.0101. The predicted octanol–water partition coefficient (Wildman–Crippen LogP) is 1.72. The molecule has 2 rings (SSSR count). The number of hydrogen-bond donors (Lipinski definition) is 2. The summed E-state index contributed by atoms with van der Waals surface area (Å²) in [6, 6.07) is 0. The molecule has 0 radical (unpaired) electrons. The molecule has 0 unspecified atom stereocenters. The zero-order valence-electron chi connectivity index (χ0n) is 13.0. The molecule has 0 aliphatic carbocycles. The molecule has 2 heterocycles. The average Bonchev–Trinajstić information content (AvgIpc) is 2.75. The Kier molecular flexibility index (Phi) is 4.96. The first-order valence-corrected chi connectivity index (χ1v) is 7.50. The molecular formula is C16H24N2O3. The quantitative estimate of drug-likeness (QED) is 0.811. The first kappa shape index (κ1) is 15.9. The highest BCUT2D eigenvalue weighted by atomic mass is 16.3. The van der Waals surface area contributed by atoms with E-state index in [-0.39, 0.29) is 18.2 Å². The van der Waals surface area contributed by atoms with Gasteiger partial charge in [0, 0.05) is 17.9 Å². The smallest absolute Gasteiger partial charge is 0.193 e. The summed E-state index contributed by atoms with van der Waals surface area (Å²) >= 11 is 0. The maximum absolute atomic E-state index is 12.4. The van der Waals surface area contributed by atoms with Crippen molar-refractivity contribution in [1.82, 2.24) is 9.88 Å². The minimum Gasteiger partial charge on any atom is -0.396 e. The Morgan fingerprint density at radius 2 is 1.90 bits per heavy atom. The molecule has 0 amide bonds. The van der Waals surface area contributed by atoms with E-state index in [1.54, 1.807) is 0 Å². The summed E-state index contributed by atoms with van der Waals surface area (Å²) in [4.78, 5) is 29.2. The third kappa shape index (κ3) is 3.41. The van der Waals surface area contributed by atoms with Crippen LogP contribution in [0.5, 0.6) is 0 Å². The van der Waals surface area contributed by atoms with E-state index in [0.29, 0.717) is 23.7 Å². The normalized spacial score (nSPS) is 17.1. The Labute approximate surface area is 125 Å². The van der Waals surface area contributed by atoms with Gasteiger partial charge < -0.3 is 10.1 Å². The molecule has 0 atom stereocenters. The van der Waals surface area contributed by atoms with E-state index in [1.807, 2.05) is 13.8 Å². The molecular weight excluding hydrogens is 268 g/mol. The van der Waals surface area contributed by atoms with Gasteiger partial charge in [-0.15, -0.1) is 0 Å². The van der Waals surface area contributed by atoms with Crippen molar-refractivity contribution in [1.29, 1.82) is 0 Å². The summed E-state index contributed by atoms with van der Waals surface area (Å²) in [7, 11) is 0. The molecule has 116 valence electrons. The number of piperidine rings is 1. The number of Topliss-reactive ketones (excluding diaryl/α,β-unsaturated/α-hetero) is 2. The summed E-state index contributed by atoms with van der Waals surface area (Å²) in [5.41, 5.74) is 2.72. The van der Waals surface area contributed by atoms with E-state index in [9.17, 15) is 9.59 Å². The molecule has 1 aliphatic rings. The lowest BCUT2D eigenvalue weighted by Gasteiger charge is -2.30. The molecule has 5 heteroatoms. The van der Waals surface area contributed by atoms with Gasteiger partial charge in [0.2, 0.25) is 0 Å². The van der Waals surface area contributed by atoms with E-state index in [4.69, 9.17) is 5.11 Å². The Hall–Kier alpha value is -1.46. The summed E-state index contributed by atoms with van der Waals surface area (Å²) in [5, 5.41) is 9.14. The van der Waals surface area contributed by atoms with E-state index in [2.05, 4.69) is 9.88 Å². The molecule has 5 nitrogen and oxygen atoms in total. The fraction of sp³-hybridized carbons (Fsp3) is 0.625. The van der Waals surface area contributed by atoms with Crippen molar-refractivity contribution >= 4 is 11.6 Å². The third-order valence-corrected chi connectivity index (χ3v) is 4.40. The number of aromatic nitrogens is 1. The fourth-order valence-electron chi connectivity index (χ4n) is 3.17. The minimum absolute atomic E-state index is 0.0101. The van der Waals surface area contributed by atoms with E-state index < -0.39 is 0 Å². The van der Waals surface area contributed by atoms with Crippen LogP contribution < -0.4 is 0 Å². The van der Waals surface area contributed by atoms with Crippen LogP contribution in [0.3, 0.4) is 0 Å². The van der Waals surface area contributed by atoms with Gasteiger partial charge in [-0.2, -0.15) is 0 Å². The number of aliphatic hydroxyl groups excluding tert-OH is 1. The molecule has 1 aromatic heterocycles. The molecule has 1 aliphatic heterocycles. The summed E-state index contributed by atoms with van der Waals surface area (Å²) in [6.45, 7) is 7.47. The fourth-order valence-corrected chi connectivity index (χ4v) is 3.17. The van der Waals surface area contributed by atoms with Crippen molar-refractivity contribution < 1.29 is 14.7 Å². The van der Waals surface area contributed by atoms with E-state index in [0.717, 1.165) is 37.2 Å². The Morgan fingerprint density at radius 1 is 1.29 bits per heavy atom. The number of carbonyl (C=O) groups is 2. The first-order chi connectivity index (χ1) is 9.93. The number of H-pyrrole nitrogens is 1. The number of aryl methyl sites for hydroxylation is 1. The number of rotatable bonds is 5. The van der Waals surface area contributed by atoms with Crippen molar-refractivity contribution in [3.8, 4) is 0 Å². The van der Waals surface area contributed by atoms with Crippen LogP contribution >= 0.6 is 0 Å². The molecule has 1 fully saturated rings. The van der Waals surface area contributed by atoms with Crippen LogP contribution in [-0.2, 0) is 0 Å². The largest absolute Gasteiger partial charge is 0.396 e. The van der Waals surface area contributed by atoms with Gasteiger partial charge in [-0.3, -0.25) is 14.5 Å². The van der Waals surface area contributed by atoms with E-state index >= 15 is 0 Å². The number of hydrogen-bond acceptors (Lipinski definition) is 4. The van der Waals surface area contributed by atoms with Crippen LogP contribution in [0.15, 0.2) is 0 Å². The van der Waals surface area contributed by atoms with Gasteiger partial charge in [0.25, 0.3) is 0 Å². The Bertz CT molecular complexity index is 540. The predicted molar refractivity (Wildman–Crippen MR) is 80.9 cm³/mol. The van der Waals surface area contributed by atoms with Crippen LogP contribution in [0.2, 0.25) is 0 Å². The number of aliphatic hydroxyl groups is 1. The molecule has 0 aromatic carbocycles. The molecule has 0 spiro atoms. The van der Waals surface area contributed by atoms with Crippen LogP contribution in [-0.4, -0.2) is 52.8 Å². The topological polar surface area (TPSA) is 73.4 Å². The van der Waals surface area contributed by atoms with Gasteiger partial charge in [0.05, 0.1) is 12.2 Å². The van der Waals surface area contributed by atoms with Crippen molar-refractivity contribution in [3.05, 3.63) is 22.5 Å². The Balaban J connectivity index is 2.05. The number of likely N-dealkylation sites (tertiary alicyclic amines) is 1. The molecule has 1 aromatic rings. The number of nitrogens with one attached hydrogen (secondary N) is 1. The van der Waals surface area contributed by atoms with Crippen molar-refractivity contribution in [2.24, 2.45) is 5.92 Å². The number of ketones is 2. The highest BCUT2D eigenvalue weighted by Crippen LogP contribution is 2.21. The van der Waals surface area contributed by atoms with Crippen molar-refractivity contribution in [2.45, 2.75) is 33.6 Å². The second-order valence-electron chi connectivity index (χ2n) is 6.01. The van der Waals surface area contributed by atoms with Gasteiger partial charge in [0.15, 0.2) is 11.6 Å². The highest BCUT2D eigenvalue weighted by Gasteiger charge is 2.24. The van der Waals surface area contributed by atoms with Crippen LogP contribution in [0, 0.1) is 19.8 Å². The van der Waals surface area contributed by atoms with Gasteiger partial charge in [-0.05, 0) is 58.2 Å². The summed E-state index contributed by atoms with van der Waals surface area (Å²) < 4.78 is 0. The Morgan fingerprint density at radius 3 is 2.38 bits per heavy atom.